The summed E-state index contributed by atoms with van der Waals surface area (Å²) in [7, 11) is 0. The minimum atomic E-state index is -0.796. The Balaban J connectivity index is 3.00. The van der Waals surface area contributed by atoms with Gasteiger partial charge < -0.3 is 10.8 Å². The summed E-state index contributed by atoms with van der Waals surface area (Å²) in [6.45, 7) is 8.19. The molecule has 0 aliphatic rings. The predicted octanol–water partition coefficient (Wildman–Crippen LogP) is 3.23. The van der Waals surface area contributed by atoms with Gasteiger partial charge in [-0.2, -0.15) is 0 Å². The molecule has 3 N–H and O–H groups in total. The van der Waals surface area contributed by atoms with Crippen LogP contribution in [0, 0.1) is 12.8 Å². The molecule has 3 heteroatoms. The van der Waals surface area contributed by atoms with E-state index in [1.54, 1.807) is 0 Å². The summed E-state index contributed by atoms with van der Waals surface area (Å²) < 4.78 is 0. The summed E-state index contributed by atoms with van der Waals surface area (Å²) >= 11 is 0. The highest BCUT2D eigenvalue weighted by Crippen LogP contribution is 2.27. The van der Waals surface area contributed by atoms with Crippen molar-refractivity contribution in [3.05, 3.63) is 34.9 Å². The maximum Gasteiger partial charge on any atom is 0.303 e. The zero-order chi connectivity index (χ0) is 13.9. The maximum atomic E-state index is 10.8. The van der Waals surface area contributed by atoms with Crippen LogP contribution in [0.4, 0.5) is 0 Å². The van der Waals surface area contributed by atoms with Gasteiger partial charge in [0, 0.05) is 12.5 Å². The van der Waals surface area contributed by atoms with Gasteiger partial charge in [-0.15, -0.1) is 0 Å². The number of nitrogens with two attached hydrogens (primary N) is 1. The zero-order valence-corrected chi connectivity index (χ0v) is 11.6. The van der Waals surface area contributed by atoms with E-state index in [0.29, 0.717) is 5.92 Å². The Morgan fingerprint density at radius 2 is 1.94 bits per heavy atom. The first-order chi connectivity index (χ1) is 8.32. The van der Waals surface area contributed by atoms with E-state index >= 15 is 0 Å². The first-order valence-corrected chi connectivity index (χ1v) is 6.40. The van der Waals surface area contributed by atoms with Crippen molar-refractivity contribution >= 4 is 5.97 Å². The Bertz CT molecular complexity index is 427. The number of carboxylic acid groups (broad SMARTS) is 1. The SMILES string of the molecule is Cc1ccc(C(C)C)cc1C(N)C(C)CC(=O)O. The fourth-order valence-electron chi connectivity index (χ4n) is 2.09. The van der Waals surface area contributed by atoms with Gasteiger partial charge in [-0.3, -0.25) is 4.79 Å². The number of benzene rings is 1. The fraction of sp³-hybridized carbons (Fsp3) is 0.533. The Morgan fingerprint density at radius 3 is 2.44 bits per heavy atom. The monoisotopic (exact) mass is 249 g/mol. The molecule has 1 rings (SSSR count). The average molecular weight is 249 g/mol. The van der Waals surface area contributed by atoms with Gasteiger partial charge in [0.2, 0.25) is 0 Å². The number of carbonyl (C=O) groups is 1. The van der Waals surface area contributed by atoms with Gasteiger partial charge in [0.1, 0.15) is 0 Å². The summed E-state index contributed by atoms with van der Waals surface area (Å²) in [6, 6.07) is 6.07. The first-order valence-electron chi connectivity index (χ1n) is 6.40. The Morgan fingerprint density at radius 1 is 1.33 bits per heavy atom. The number of carboxylic acids is 1. The van der Waals surface area contributed by atoms with Gasteiger partial charge in [-0.05, 0) is 35.4 Å². The van der Waals surface area contributed by atoms with Crippen LogP contribution in [0.3, 0.4) is 0 Å². The van der Waals surface area contributed by atoms with Crippen molar-refractivity contribution in [3.8, 4) is 0 Å². The highest BCUT2D eigenvalue weighted by atomic mass is 16.4. The third-order valence-corrected chi connectivity index (χ3v) is 3.44. The number of hydrogen-bond acceptors (Lipinski definition) is 2. The van der Waals surface area contributed by atoms with Crippen LogP contribution >= 0.6 is 0 Å². The van der Waals surface area contributed by atoms with Crippen molar-refractivity contribution in [1.82, 2.24) is 0 Å². The summed E-state index contributed by atoms with van der Waals surface area (Å²) in [5.41, 5.74) is 9.63. The highest BCUT2D eigenvalue weighted by Gasteiger charge is 2.20. The third-order valence-electron chi connectivity index (χ3n) is 3.44. The summed E-state index contributed by atoms with van der Waals surface area (Å²) in [6.07, 6.45) is 0.104. The molecule has 1 aromatic rings. The molecule has 2 unspecified atom stereocenters. The van der Waals surface area contributed by atoms with E-state index in [-0.39, 0.29) is 18.4 Å². The van der Waals surface area contributed by atoms with Gasteiger partial charge in [0.15, 0.2) is 0 Å². The molecule has 3 nitrogen and oxygen atoms in total. The molecule has 0 saturated carbocycles. The molecular formula is C15H23NO2. The smallest absolute Gasteiger partial charge is 0.303 e. The van der Waals surface area contributed by atoms with Crippen LogP contribution in [0.5, 0.6) is 0 Å². The van der Waals surface area contributed by atoms with Gasteiger partial charge in [-0.1, -0.05) is 39.0 Å². The fourth-order valence-corrected chi connectivity index (χ4v) is 2.09. The number of aryl methyl sites for hydroxylation is 1. The van der Waals surface area contributed by atoms with Gasteiger partial charge in [0.05, 0.1) is 0 Å². The Labute approximate surface area is 109 Å². The second-order valence-electron chi connectivity index (χ2n) is 5.37. The maximum absolute atomic E-state index is 10.8. The standard InChI is InChI=1S/C15H23NO2/c1-9(2)12-6-5-10(3)13(8-12)15(16)11(4)7-14(17)18/h5-6,8-9,11,15H,7,16H2,1-4H3,(H,17,18). The van der Waals surface area contributed by atoms with Crippen molar-refractivity contribution in [2.24, 2.45) is 11.7 Å². The molecule has 0 fully saturated rings. The van der Waals surface area contributed by atoms with E-state index in [1.807, 2.05) is 13.8 Å². The lowest BCUT2D eigenvalue weighted by molar-refractivity contribution is -0.138. The van der Waals surface area contributed by atoms with Crippen molar-refractivity contribution < 1.29 is 9.90 Å². The lowest BCUT2D eigenvalue weighted by Crippen LogP contribution is -2.22. The molecule has 0 aliphatic carbocycles. The van der Waals surface area contributed by atoms with Gasteiger partial charge >= 0.3 is 5.97 Å². The van der Waals surface area contributed by atoms with Gasteiger partial charge in [-0.25, -0.2) is 0 Å². The number of hydrogen-bond donors (Lipinski definition) is 2. The van der Waals surface area contributed by atoms with Gasteiger partial charge in [0.25, 0.3) is 0 Å². The van der Waals surface area contributed by atoms with E-state index in [2.05, 4.69) is 32.0 Å². The largest absolute Gasteiger partial charge is 0.481 e. The number of rotatable bonds is 5. The normalized spacial score (nSPS) is 14.6. The highest BCUT2D eigenvalue weighted by molar-refractivity contribution is 5.67. The molecule has 0 heterocycles. The van der Waals surface area contributed by atoms with E-state index in [4.69, 9.17) is 10.8 Å². The van der Waals surface area contributed by atoms with Crippen LogP contribution in [0.1, 0.15) is 55.8 Å². The van der Waals surface area contributed by atoms with Crippen molar-refractivity contribution in [2.45, 2.75) is 46.1 Å². The molecule has 0 spiro atoms. The van der Waals surface area contributed by atoms with Crippen LogP contribution < -0.4 is 5.73 Å². The van der Waals surface area contributed by atoms with Crippen molar-refractivity contribution in [3.63, 3.8) is 0 Å². The predicted molar refractivity (Wildman–Crippen MR) is 73.6 cm³/mol. The lowest BCUT2D eigenvalue weighted by atomic mass is 9.87. The molecule has 0 amide bonds. The molecule has 1 aromatic carbocycles. The zero-order valence-electron chi connectivity index (χ0n) is 11.6. The topological polar surface area (TPSA) is 63.3 Å². The van der Waals surface area contributed by atoms with Crippen LogP contribution in [-0.4, -0.2) is 11.1 Å². The molecule has 0 saturated heterocycles. The van der Waals surface area contributed by atoms with Crippen molar-refractivity contribution in [2.75, 3.05) is 0 Å². The van der Waals surface area contributed by atoms with E-state index < -0.39 is 5.97 Å². The first kappa shape index (κ1) is 14.7. The van der Waals surface area contributed by atoms with Crippen LogP contribution in [0.25, 0.3) is 0 Å². The Kier molecular flexibility index (Phi) is 4.91. The molecule has 100 valence electrons. The summed E-state index contributed by atoms with van der Waals surface area (Å²) in [4.78, 5) is 10.8. The second-order valence-corrected chi connectivity index (χ2v) is 5.37. The third kappa shape index (κ3) is 3.57. The summed E-state index contributed by atoms with van der Waals surface area (Å²) in [5.74, 6) is -0.412. The Hall–Kier alpha value is -1.35. The average Bonchev–Trinajstić information content (AvgIpc) is 2.27. The van der Waals surface area contributed by atoms with Crippen LogP contribution in [0.15, 0.2) is 18.2 Å². The van der Waals surface area contributed by atoms with E-state index in [9.17, 15) is 4.79 Å². The second kappa shape index (κ2) is 6.01. The van der Waals surface area contributed by atoms with Crippen molar-refractivity contribution in [1.29, 1.82) is 0 Å². The molecule has 0 radical (unpaired) electrons. The van der Waals surface area contributed by atoms with E-state index in [1.165, 1.54) is 5.56 Å². The molecule has 0 aromatic heterocycles. The molecule has 2 atom stereocenters. The minimum absolute atomic E-state index is 0.0661. The quantitative estimate of drug-likeness (QED) is 0.842. The van der Waals surface area contributed by atoms with E-state index in [0.717, 1.165) is 11.1 Å². The van der Waals surface area contributed by atoms with Crippen LogP contribution in [-0.2, 0) is 4.79 Å². The molecule has 0 bridgehead atoms. The lowest BCUT2D eigenvalue weighted by Gasteiger charge is -2.22. The van der Waals surface area contributed by atoms with Crippen LogP contribution in [0.2, 0.25) is 0 Å². The molecule has 18 heavy (non-hydrogen) atoms. The molecule has 0 aliphatic heterocycles. The summed E-state index contributed by atoms with van der Waals surface area (Å²) in [5, 5.41) is 8.84. The minimum Gasteiger partial charge on any atom is -0.481 e. The number of aliphatic carboxylic acids is 1. The molecular weight excluding hydrogens is 226 g/mol.